The molecule has 1 atom stereocenters. The SMILES string of the molecule is O=C(c1c[nH]c2ccccc12)N1CCCC(N(CCCN2CCOCC2)C(=O)C2CC2)C1. The summed E-state index contributed by atoms with van der Waals surface area (Å²) in [4.78, 5) is 36.2. The van der Waals surface area contributed by atoms with Gasteiger partial charge in [0, 0.05) is 68.3 Å². The van der Waals surface area contributed by atoms with Crippen LogP contribution < -0.4 is 0 Å². The van der Waals surface area contributed by atoms with Crippen molar-refractivity contribution in [2.75, 3.05) is 52.5 Å². The lowest BCUT2D eigenvalue weighted by Crippen LogP contribution is -2.52. The number of likely N-dealkylation sites (tertiary alicyclic amines) is 1. The molecule has 0 spiro atoms. The Balaban J connectivity index is 1.25. The van der Waals surface area contributed by atoms with Crippen LogP contribution in [0.5, 0.6) is 0 Å². The van der Waals surface area contributed by atoms with Gasteiger partial charge >= 0.3 is 0 Å². The van der Waals surface area contributed by atoms with Crippen molar-refractivity contribution in [2.45, 2.75) is 38.1 Å². The summed E-state index contributed by atoms with van der Waals surface area (Å²) in [5.74, 6) is 0.579. The van der Waals surface area contributed by atoms with Crippen molar-refractivity contribution < 1.29 is 14.3 Å². The third-order valence-electron chi connectivity index (χ3n) is 7.13. The van der Waals surface area contributed by atoms with E-state index in [4.69, 9.17) is 4.74 Å². The van der Waals surface area contributed by atoms with Crippen molar-refractivity contribution in [2.24, 2.45) is 5.92 Å². The lowest BCUT2D eigenvalue weighted by atomic mass is 10.0. The molecule has 1 aromatic carbocycles. The van der Waals surface area contributed by atoms with Crippen molar-refractivity contribution in [3.05, 3.63) is 36.0 Å². The van der Waals surface area contributed by atoms with Crippen LogP contribution in [0.15, 0.2) is 30.5 Å². The van der Waals surface area contributed by atoms with E-state index in [-0.39, 0.29) is 17.9 Å². The van der Waals surface area contributed by atoms with E-state index in [9.17, 15) is 9.59 Å². The highest BCUT2D eigenvalue weighted by atomic mass is 16.5. The first-order chi connectivity index (χ1) is 15.7. The molecule has 32 heavy (non-hydrogen) atoms. The Bertz CT molecular complexity index is 948. The molecule has 5 rings (SSSR count). The number of carbonyl (C=O) groups excluding carboxylic acids is 2. The minimum absolute atomic E-state index is 0.0688. The summed E-state index contributed by atoms with van der Waals surface area (Å²) in [6, 6.07) is 8.05. The molecule has 2 aromatic rings. The molecular formula is C25H34N4O3. The van der Waals surface area contributed by atoms with Gasteiger partial charge in [-0.15, -0.1) is 0 Å². The molecule has 1 aromatic heterocycles. The predicted molar refractivity (Wildman–Crippen MR) is 124 cm³/mol. The summed E-state index contributed by atoms with van der Waals surface area (Å²) in [5, 5.41) is 0.969. The van der Waals surface area contributed by atoms with Crippen LogP contribution in [0.3, 0.4) is 0 Å². The second kappa shape index (κ2) is 9.63. The van der Waals surface area contributed by atoms with Crippen LogP contribution in [0, 0.1) is 5.92 Å². The van der Waals surface area contributed by atoms with Crippen LogP contribution in [0.2, 0.25) is 0 Å². The second-order valence-electron chi connectivity index (χ2n) is 9.41. The maximum atomic E-state index is 13.4. The first-order valence-electron chi connectivity index (χ1n) is 12.2. The smallest absolute Gasteiger partial charge is 0.256 e. The molecule has 2 saturated heterocycles. The Morgan fingerprint density at radius 2 is 1.91 bits per heavy atom. The van der Waals surface area contributed by atoms with Gasteiger partial charge in [0.2, 0.25) is 5.91 Å². The molecule has 7 nitrogen and oxygen atoms in total. The number of rotatable bonds is 7. The highest BCUT2D eigenvalue weighted by molar-refractivity contribution is 6.06. The van der Waals surface area contributed by atoms with Crippen LogP contribution in [-0.4, -0.2) is 90.0 Å². The molecule has 3 heterocycles. The van der Waals surface area contributed by atoms with Crippen molar-refractivity contribution in [1.82, 2.24) is 19.7 Å². The molecule has 1 saturated carbocycles. The minimum atomic E-state index is 0.0688. The van der Waals surface area contributed by atoms with Gasteiger partial charge in [-0.25, -0.2) is 0 Å². The zero-order chi connectivity index (χ0) is 21.9. The number of nitrogens with zero attached hydrogens (tertiary/aromatic N) is 3. The topological polar surface area (TPSA) is 68.9 Å². The number of aromatic nitrogens is 1. The summed E-state index contributed by atoms with van der Waals surface area (Å²) in [5.41, 5.74) is 1.71. The Hall–Kier alpha value is -2.38. The number of morpholine rings is 1. The van der Waals surface area contributed by atoms with Crippen LogP contribution >= 0.6 is 0 Å². The molecule has 7 heteroatoms. The fourth-order valence-electron chi connectivity index (χ4n) is 5.14. The number of ether oxygens (including phenoxy) is 1. The lowest BCUT2D eigenvalue weighted by molar-refractivity contribution is -0.136. The van der Waals surface area contributed by atoms with Crippen molar-refractivity contribution >= 4 is 22.7 Å². The highest BCUT2D eigenvalue weighted by Crippen LogP contribution is 2.33. The monoisotopic (exact) mass is 438 g/mol. The standard InChI is InChI=1S/C25H34N4O3/c30-24(19-8-9-19)29(12-4-10-27-13-15-32-16-14-27)20-5-3-11-28(18-20)25(31)22-17-26-23-7-2-1-6-21(22)23/h1-2,6-7,17,19-20,26H,3-5,8-16,18H2. The summed E-state index contributed by atoms with van der Waals surface area (Å²) in [6.07, 6.45) is 6.76. The molecule has 0 radical (unpaired) electrons. The van der Waals surface area contributed by atoms with Crippen molar-refractivity contribution in [3.8, 4) is 0 Å². The van der Waals surface area contributed by atoms with Gasteiger partial charge in [0.25, 0.3) is 5.91 Å². The number of nitrogens with one attached hydrogen (secondary N) is 1. The van der Waals surface area contributed by atoms with Gasteiger partial charge in [-0.05, 0) is 38.2 Å². The fraction of sp³-hybridized carbons (Fsp3) is 0.600. The van der Waals surface area contributed by atoms with E-state index in [1.54, 1.807) is 0 Å². The van der Waals surface area contributed by atoms with E-state index in [1.165, 1.54) is 0 Å². The summed E-state index contributed by atoms with van der Waals surface area (Å²) in [6.45, 7) is 6.74. The second-order valence-corrected chi connectivity index (χ2v) is 9.41. The Morgan fingerprint density at radius 1 is 1.09 bits per heavy atom. The maximum Gasteiger partial charge on any atom is 0.256 e. The number of fused-ring (bicyclic) bond motifs is 1. The van der Waals surface area contributed by atoms with E-state index in [2.05, 4.69) is 14.8 Å². The third-order valence-corrected chi connectivity index (χ3v) is 7.13. The number of para-hydroxylation sites is 1. The van der Waals surface area contributed by atoms with Crippen LogP contribution in [0.4, 0.5) is 0 Å². The minimum Gasteiger partial charge on any atom is -0.379 e. The van der Waals surface area contributed by atoms with Gasteiger partial charge in [0.1, 0.15) is 0 Å². The van der Waals surface area contributed by atoms with Crippen LogP contribution in [-0.2, 0) is 9.53 Å². The Labute approximate surface area is 189 Å². The third kappa shape index (κ3) is 4.69. The molecule has 3 fully saturated rings. The first-order valence-corrected chi connectivity index (χ1v) is 12.2. The zero-order valence-corrected chi connectivity index (χ0v) is 18.8. The summed E-state index contributed by atoms with van der Waals surface area (Å²) >= 11 is 0. The number of carbonyl (C=O) groups is 2. The Morgan fingerprint density at radius 3 is 2.72 bits per heavy atom. The van der Waals surface area contributed by atoms with E-state index in [1.807, 2.05) is 35.4 Å². The number of benzene rings is 1. The summed E-state index contributed by atoms with van der Waals surface area (Å²) in [7, 11) is 0. The first kappa shape index (κ1) is 21.5. The predicted octanol–water partition coefficient (Wildman–Crippen LogP) is 2.73. The van der Waals surface area contributed by atoms with E-state index in [0.717, 1.165) is 94.5 Å². The van der Waals surface area contributed by atoms with Crippen molar-refractivity contribution in [1.29, 1.82) is 0 Å². The van der Waals surface area contributed by atoms with E-state index in [0.29, 0.717) is 12.5 Å². The number of H-pyrrole nitrogens is 1. The molecule has 1 unspecified atom stereocenters. The van der Waals surface area contributed by atoms with E-state index >= 15 is 0 Å². The van der Waals surface area contributed by atoms with Crippen LogP contribution in [0.1, 0.15) is 42.5 Å². The van der Waals surface area contributed by atoms with Crippen molar-refractivity contribution in [3.63, 3.8) is 0 Å². The Kier molecular flexibility index (Phi) is 6.46. The number of aromatic amines is 1. The molecule has 3 aliphatic rings. The molecule has 1 aliphatic carbocycles. The molecule has 2 amide bonds. The summed E-state index contributed by atoms with van der Waals surface area (Å²) < 4.78 is 5.45. The molecule has 1 N–H and O–H groups in total. The van der Waals surface area contributed by atoms with Crippen LogP contribution in [0.25, 0.3) is 10.9 Å². The number of piperidine rings is 1. The number of amides is 2. The molecule has 2 aliphatic heterocycles. The highest BCUT2D eigenvalue weighted by Gasteiger charge is 2.38. The van der Waals surface area contributed by atoms with Gasteiger partial charge < -0.3 is 19.5 Å². The van der Waals surface area contributed by atoms with Gasteiger partial charge in [-0.2, -0.15) is 0 Å². The quantitative estimate of drug-likeness (QED) is 0.722. The molecule has 172 valence electrons. The normalized spacial score (nSPS) is 22.2. The average Bonchev–Trinajstić information content (AvgIpc) is 3.61. The van der Waals surface area contributed by atoms with Gasteiger partial charge in [-0.1, -0.05) is 18.2 Å². The lowest BCUT2D eigenvalue weighted by Gasteiger charge is -2.40. The van der Waals surface area contributed by atoms with Gasteiger partial charge in [0.05, 0.1) is 18.8 Å². The number of hydrogen-bond acceptors (Lipinski definition) is 4. The van der Waals surface area contributed by atoms with E-state index < -0.39 is 0 Å². The average molecular weight is 439 g/mol. The fourth-order valence-corrected chi connectivity index (χ4v) is 5.14. The largest absolute Gasteiger partial charge is 0.379 e. The number of hydrogen-bond donors (Lipinski definition) is 1. The van der Waals surface area contributed by atoms with Gasteiger partial charge in [-0.3, -0.25) is 14.5 Å². The molecule has 0 bridgehead atoms. The maximum absolute atomic E-state index is 13.4. The molecular weight excluding hydrogens is 404 g/mol. The zero-order valence-electron chi connectivity index (χ0n) is 18.8. The van der Waals surface area contributed by atoms with Gasteiger partial charge in [0.15, 0.2) is 0 Å².